The molecule has 1 saturated carbocycles. The molecule has 2 aliphatic rings. The number of hydrogen-bond donors (Lipinski definition) is 2. The van der Waals surface area contributed by atoms with Gasteiger partial charge in [0.1, 0.15) is 23.6 Å². The number of aromatic nitrogens is 4. The molecule has 3 heterocycles. The molecule has 0 amide bonds. The van der Waals surface area contributed by atoms with Gasteiger partial charge < -0.3 is 20.3 Å². The highest BCUT2D eigenvalue weighted by atomic mass is 16.5. The molecule has 0 radical (unpaired) electrons. The molecular weight excluding hydrogens is 428 g/mol. The molecule has 1 aromatic carbocycles. The van der Waals surface area contributed by atoms with Crippen molar-refractivity contribution in [3.63, 3.8) is 0 Å². The summed E-state index contributed by atoms with van der Waals surface area (Å²) < 4.78 is 7.77. The van der Waals surface area contributed by atoms with Crippen LogP contribution in [0.5, 0.6) is 5.75 Å². The molecule has 182 valence electrons. The number of likely N-dealkylation sites (N-methyl/N-ethyl adjacent to an activating group) is 1. The molecular formula is C25H36N8O. The Morgan fingerprint density at radius 3 is 2.35 bits per heavy atom. The molecule has 0 spiro atoms. The van der Waals surface area contributed by atoms with Gasteiger partial charge in [-0.25, -0.2) is 14.6 Å². The van der Waals surface area contributed by atoms with E-state index in [4.69, 9.17) is 14.8 Å². The van der Waals surface area contributed by atoms with Crippen LogP contribution in [0.2, 0.25) is 0 Å². The zero-order chi connectivity index (χ0) is 23.7. The predicted molar refractivity (Wildman–Crippen MR) is 137 cm³/mol. The molecule has 9 heteroatoms. The third-order valence-electron chi connectivity index (χ3n) is 7.54. The first-order valence-electron chi connectivity index (χ1n) is 12.3. The molecule has 1 saturated heterocycles. The number of anilines is 2. The maximum Gasteiger partial charge on any atom is 0.164 e. The van der Waals surface area contributed by atoms with Crippen LogP contribution in [-0.2, 0) is 0 Å². The summed E-state index contributed by atoms with van der Waals surface area (Å²) in [6, 6.07) is 7.18. The zero-order valence-electron chi connectivity index (χ0n) is 20.7. The Bertz CT molecular complexity index is 1130. The lowest BCUT2D eigenvalue weighted by Gasteiger charge is -2.41. The SMILES string of the molecule is CNc1ccc(-c2nn(C3CCC(N4CCN(C)CC4)CC3)c3ncnc(NC)c23)cc1OC. The summed E-state index contributed by atoms with van der Waals surface area (Å²) in [5, 5.41) is 12.5. The van der Waals surface area contributed by atoms with Gasteiger partial charge in [0, 0.05) is 51.9 Å². The van der Waals surface area contributed by atoms with Crippen LogP contribution in [0.4, 0.5) is 11.5 Å². The van der Waals surface area contributed by atoms with E-state index in [1.165, 1.54) is 39.0 Å². The van der Waals surface area contributed by atoms with E-state index < -0.39 is 0 Å². The van der Waals surface area contributed by atoms with Crippen LogP contribution in [0.25, 0.3) is 22.3 Å². The fourth-order valence-corrected chi connectivity index (χ4v) is 5.52. The van der Waals surface area contributed by atoms with Gasteiger partial charge in [0.25, 0.3) is 0 Å². The Morgan fingerprint density at radius 1 is 0.941 bits per heavy atom. The molecule has 0 unspecified atom stereocenters. The highest BCUT2D eigenvalue weighted by Gasteiger charge is 2.30. The first-order valence-corrected chi connectivity index (χ1v) is 12.3. The molecule has 2 aromatic heterocycles. The standard InChI is InChI=1S/C25H36N8O/c1-26-20-10-5-17(15-21(20)34-4)23-22-24(27-2)28-16-29-25(22)33(30-23)19-8-6-18(7-9-19)32-13-11-31(3)12-14-32/h5,10,15-16,18-19,26H,6-9,11-14H2,1-4H3,(H,27,28,29). The Hall–Kier alpha value is -2.91. The molecule has 2 N–H and O–H groups in total. The lowest BCUT2D eigenvalue weighted by molar-refractivity contribution is 0.0815. The van der Waals surface area contributed by atoms with Gasteiger partial charge in [-0.3, -0.25) is 4.90 Å². The molecule has 3 aromatic rings. The van der Waals surface area contributed by atoms with Crippen molar-refractivity contribution in [1.82, 2.24) is 29.5 Å². The smallest absolute Gasteiger partial charge is 0.164 e. The predicted octanol–water partition coefficient (Wildman–Crippen LogP) is 3.32. The van der Waals surface area contributed by atoms with E-state index in [9.17, 15) is 0 Å². The lowest BCUT2D eigenvalue weighted by atomic mass is 9.90. The van der Waals surface area contributed by atoms with Crippen molar-refractivity contribution < 1.29 is 4.74 Å². The minimum atomic E-state index is 0.345. The number of ether oxygens (including phenoxy) is 1. The molecule has 2 fully saturated rings. The highest BCUT2D eigenvalue weighted by Crippen LogP contribution is 2.39. The normalized spacial score (nSPS) is 22.1. The first-order chi connectivity index (χ1) is 16.6. The zero-order valence-corrected chi connectivity index (χ0v) is 20.7. The average Bonchev–Trinajstić information content (AvgIpc) is 3.29. The van der Waals surface area contributed by atoms with Crippen molar-refractivity contribution in [2.24, 2.45) is 0 Å². The molecule has 5 rings (SSSR count). The van der Waals surface area contributed by atoms with Crippen LogP contribution < -0.4 is 15.4 Å². The van der Waals surface area contributed by atoms with Gasteiger partial charge in [-0.1, -0.05) is 6.07 Å². The first kappa shape index (κ1) is 22.9. The van der Waals surface area contributed by atoms with Gasteiger partial charge in [-0.05, 0) is 44.9 Å². The average molecular weight is 465 g/mol. The van der Waals surface area contributed by atoms with Crippen LogP contribution in [-0.4, -0.2) is 90.0 Å². The summed E-state index contributed by atoms with van der Waals surface area (Å²) in [4.78, 5) is 14.3. The van der Waals surface area contributed by atoms with Crippen LogP contribution in [0, 0.1) is 0 Å². The van der Waals surface area contributed by atoms with Crippen LogP contribution in [0.15, 0.2) is 24.5 Å². The van der Waals surface area contributed by atoms with E-state index >= 15 is 0 Å². The number of rotatable bonds is 6. The monoisotopic (exact) mass is 464 g/mol. The summed E-state index contributed by atoms with van der Waals surface area (Å²) in [5.74, 6) is 1.59. The van der Waals surface area contributed by atoms with Crippen molar-refractivity contribution in [2.75, 3.05) is 65.1 Å². The van der Waals surface area contributed by atoms with Crippen molar-refractivity contribution in [1.29, 1.82) is 0 Å². The highest BCUT2D eigenvalue weighted by molar-refractivity contribution is 5.99. The fraction of sp³-hybridized carbons (Fsp3) is 0.560. The second kappa shape index (κ2) is 9.76. The van der Waals surface area contributed by atoms with E-state index in [2.05, 4.69) is 43.2 Å². The van der Waals surface area contributed by atoms with Crippen molar-refractivity contribution >= 4 is 22.5 Å². The van der Waals surface area contributed by atoms with E-state index in [0.29, 0.717) is 12.1 Å². The molecule has 0 bridgehead atoms. The van der Waals surface area contributed by atoms with Crippen LogP contribution in [0.3, 0.4) is 0 Å². The third kappa shape index (κ3) is 4.18. The number of hydrogen-bond acceptors (Lipinski definition) is 8. The van der Waals surface area contributed by atoms with Gasteiger partial charge in [0.05, 0.1) is 24.2 Å². The minimum absolute atomic E-state index is 0.345. The fourth-order valence-electron chi connectivity index (χ4n) is 5.52. The molecule has 1 aliphatic carbocycles. The molecule has 34 heavy (non-hydrogen) atoms. The topological polar surface area (TPSA) is 83.4 Å². The summed E-state index contributed by atoms with van der Waals surface area (Å²) >= 11 is 0. The van der Waals surface area contributed by atoms with Gasteiger partial charge in [-0.15, -0.1) is 0 Å². The second-order valence-electron chi connectivity index (χ2n) is 9.43. The Balaban J connectivity index is 1.46. The van der Waals surface area contributed by atoms with E-state index in [1.807, 2.05) is 26.2 Å². The van der Waals surface area contributed by atoms with Crippen molar-refractivity contribution in [3.8, 4) is 17.0 Å². The number of nitrogens with zero attached hydrogens (tertiary/aromatic N) is 6. The van der Waals surface area contributed by atoms with Gasteiger partial charge in [0.15, 0.2) is 5.65 Å². The summed E-state index contributed by atoms with van der Waals surface area (Å²) in [5.41, 5.74) is 3.73. The molecule has 9 nitrogen and oxygen atoms in total. The van der Waals surface area contributed by atoms with Gasteiger partial charge in [0.2, 0.25) is 0 Å². The Morgan fingerprint density at radius 2 is 1.68 bits per heavy atom. The second-order valence-corrected chi connectivity index (χ2v) is 9.43. The van der Waals surface area contributed by atoms with Crippen molar-refractivity contribution in [3.05, 3.63) is 24.5 Å². The summed E-state index contributed by atoms with van der Waals surface area (Å²) in [7, 11) is 7.71. The number of benzene rings is 1. The van der Waals surface area contributed by atoms with Gasteiger partial charge in [-0.2, -0.15) is 5.10 Å². The van der Waals surface area contributed by atoms with E-state index in [-0.39, 0.29) is 0 Å². The number of methoxy groups -OCH3 is 1. The quantitative estimate of drug-likeness (QED) is 0.575. The van der Waals surface area contributed by atoms with Crippen molar-refractivity contribution in [2.45, 2.75) is 37.8 Å². The Labute approximate surface area is 201 Å². The van der Waals surface area contributed by atoms with E-state index in [0.717, 1.165) is 52.4 Å². The van der Waals surface area contributed by atoms with Gasteiger partial charge >= 0.3 is 0 Å². The number of fused-ring (bicyclic) bond motifs is 1. The van der Waals surface area contributed by atoms with Crippen LogP contribution >= 0.6 is 0 Å². The maximum atomic E-state index is 5.61. The third-order valence-corrected chi connectivity index (χ3v) is 7.54. The summed E-state index contributed by atoms with van der Waals surface area (Å²) in [6.45, 7) is 4.72. The Kier molecular flexibility index (Phi) is 6.56. The lowest BCUT2D eigenvalue weighted by Crippen LogP contribution is -2.49. The molecule has 0 atom stereocenters. The largest absolute Gasteiger partial charge is 0.495 e. The maximum absolute atomic E-state index is 5.61. The molecule has 1 aliphatic heterocycles. The van der Waals surface area contributed by atoms with Crippen LogP contribution in [0.1, 0.15) is 31.7 Å². The van der Waals surface area contributed by atoms with E-state index in [1.54, 1.807) is 13.4 Å². The minimum Gasteiger partial charge on any atom is -0.495 e. The number of piperazine rings is 1. The summed E-state index contributed by atoms with van der Waals surface area (Å²) in [6.07, 6.45) is 6.29. The number of nitrogens with one attached hydrogen (secondary N) is 2.